The molecule has 1 aliphatic heterocycles. The molecular weight excluding hydrogens is 501 g/mol. The van der Waals surface area contributed by atoms with Crippen LogP contribution in [0.4, 0.5) is 0 Å². The zero-order valence-corrected chi connectivity index (χ0v) is 22.9. The summed E-state index contributed by atoms with van der Waals surface area (Å²) >= 11 is 0. The molecule has 0 amide bonds. The third-order valence-electron chi connectivity index (χ3n) is 7.91. The van der Waals surface area contributed by atoms with Gasteiger partial charge < -0.3 is 9.51 Å². The number of nitriles is 1. The molecule has 6 heteroatoms. The van der Waals surface area contributed by atoms with Gasteiger partial charge in [0.1, 0.15) is 21.2 Å². The quantitative estimate of drug-likeness (QED) is 0.170. The maximum Gasteiger partial charge on any atom is 0.346 e. The predicted octanol–water partition coefficient (Wildman–Crippen LogP) is 6.33. The van der Waals surface area contributed by atoms with Crippen molar-refractivity contribution in [2.24, 2.45) is 0 Å². The third-order valence-corrected chi connectivity index (χ3v) is 11.4. The van der Waals surface area contributed by atoms with Crippen molar-refractivity contribution in [3.63, 3.8) is 0 Å². The molecule has 0 bridgehead atoms. The largest absolute Gasteiger partial charge is 0.477 e. The molecule has 1 aliphatic carbocycles. The first-order valence-electron chi connectivity index (χ1n) is 12.5. The normalized spacial score (nSPS) is 15.9. The van der Waals surface area contributed by atoms with Crippen LogP contribution >= 0.6 is 0 Å². The number of aliphatic carboxylic acids is 1. The maximum absolute atomic E-state index is 11.2. The summed E-state index contributed by atoms with van der Waals surface area (Å²) in [6.07, 6.45) is 5.45. The minimum absolute atomic E-state index is 0.128. The average molecular weight is 523 g/mol. The first-order chi connectivity index (χ1) is 18.3. The fourth-order valence-electron chi connectivity index (χ4n) is 5.94. The van der Waals surface area contributed by atoms with Crippen LogP contribution in [0.25, 0.3) is 38.1 Å². The zero-order chi connectivity index (χ0) is 26.2. The number of fused-ring (bicyclic) bond motifs is 3. The number of carbonyl (C=O) groups is 1. The maximum atomic E-state index is 11.2. The van der Waals surface area contributed by atoms with Gasteiger partial charge in [-0.2, -0.15) is 5.26 Å². The number of nitrogens with zero attached hydrogens (tertiary/aromatic N) is 2. The van der Waals surface area contributed by atoms with Crippen molar-refractivity contribution in [1.29, 1.82) is 5.26 Å². The van der Waals surface area contributed by atoms with Gasteiger partial charge in [0.15, 0.2) is 0 Å². The molecule has 5 aromatic rings. The number of hydrogen-bond donors (Lipinski definition) is 1. The van der Waals surface area contributed by atoms with E-state index in [1.54, 1.807) is 6.07 Å². The average Bonchev–Trinajstić information content (AvgIpc) is 3.69. The first kappa shape index (κ1) is 22.8. The summed E-state index contributed by atoms with van der Waals surface area (Å²) in [6.45, 7) is 4.62. The van der Waals surface area contributed by atoms with E-state index in [0.29, 0.717) is 9.52 Å². The molecule has 7 rings (SSSR count). The van der Waals surface area contributed by atoms with Gasteiger partial charge in [-0.25, -0.2) is 4.79 Å². The molecular formula is C32H22N2O2Si2. The fourth-order valence-corrected chi connectivity index (χ4v) is 9.19. The van der Waals surface area contributed by atoms with E-state index < -0.39 is 14.4 Å². The van der Waals surface area contributed by atoms with Gasteiger partial charge in [-0.1, -0.05) is 72.8 Å². The molecule has 1 N–H and O–H groups in total. The highest BCUT2D eigenvalue weighted by Crippen LogP contribution is 2.50. The SMILES string of the molecule is CC1(C)c2cc(C3=CC=C(/C=C(/C#N)C(=O)O)[Si]3)ccc2-c2ccc(-[si]3cc4ccc5ccc(c3)n54)cc21. The van der Waals surface area contributed by atoms with E-state index in [1.165, 1.54) is 50.1 Å². The highest BCUT2D eigenvalue weighted by Gasteiger charge is 2.36. The molecule has 0 saturated carbocycles. The number of carboxylic acids is 1. The third kappa shape index (κ3) is 3.33. The molecule has 180 valence electrons. The van der Waals surface area contributed by atoms with Gasteiger partial charge >= 0.3 is 5.97 Å². The molecule has 3 aromatic heterocycles. The van der Waals surface area contributed by atoms with E-state index in [0.717, 1.165) is 16.0 Å². The highest BCUT2D eigenvalue weighted by molar-refractivity contribution is 6.70. The Bertz CT molecular complexity index is 1920. The smallest absolute Gasteiger partial charge is 0.346 e. The van der Waals surface area contributed by atoms with Crippen molar-refractivity contribution >= 4 is 45.6 Å². The van der Waals surface area contributed by atoms with Crippen LogP contribution in [0.5, 0.6) is 0 Å². The fraction of sp³-hybridized carbons (Fsp3) is 0.0938. The number of benzene rings is 2. The lowest BCUT2D eigenvalue weighted by atomic mass is 9.82. The van der Waals surface area contributed by atoms with Crippen LogP contribution in [0.2, 0.25) is 0 Å². The summed E-state index contributed by atoms with van der Waals surface area (Å²) in [6, 6.07) is 24.4. The number of hydrogen-bond acceptors (Lipinski definition) is 2. The predicted molar refractivity (Wildman–Crippen MR) is 154 cm³/mol. The molecule has 4 nitrogen and oxygen atoms in total. The van der Waals surface area contributed by atoms with Gasteiger partial charge in [-0.05, 0) is 74.7 Å². The number of rotatable bonds is 4. The molecule has 2 aromatic carbocycles. The standard InChI is InChI=1S/C32H22N2O2Si2/c1-32(2)28-14-19(30-12-8-24(37-30)13-20(16-33)31(35)36)3-10-26(28)27-11-9-25(15-29(27)32)38-17-22-6-4-21-5-7-23(18-38)34(21)22/h3-15,17-18H,1-2H3,(H,35,36)/b20-13-. The van der Waals surface area contributed by atoms with Crippen molar-refractivity contribution in [3.05, 3.63) is 118 Å². The van der Waals surface area contributed by atoms with E-state index in [-0.39, 0.29) is 11.0 Å². The second kappa shape index (κ2) is 8.09. The lowest BCUT2D eigenvalue weighted by Gasteiger charge is -2.23. The summed E-state index contributed by atoms with van der Waals surface area (Å²) in [5.41, 5.74) is 14.8. The lowest BCUT2D eigenvalue weighted by molar-refractivity contribution is -0.132. The van der Waals surface area contributed by atoms with Gasteiger partial charge in [0.2, 0.25) is 0 Å². The summed E-state index contributed by atoms with van der Waals surface area (Å²) in [5.74, 6) is -1.19. The minimum atomic E-state index is -1.19. The molecule has 2 radical (unpaired) electrons. The Morgan fingerprint density at radius 1 is 0.947 bits per heavy atom. The summed E-state index contributed by atoms with van der Waals surface area (Å²) < 4.78 is 2.33. The van der Waals surface area contributed by atoms with E-state index in [1.807, 2.05) is 12.2 Å². The van der Waals surface area contributed by atoms with Gasteiger partial charge in [-0.3, -0.25) is 0 Å². The van der Waals surface area contributed by atoms with Crippen LogP contribution in [0.15, 0.2) is 101 Å². The lowest BCUT2D eigenvalue weighted by Crippen LogP contribution is -2.16. The second-order valence-corrected chi connectivity index (χ2v) is 13.9. The Hall–Kier alpha value is -4.32. The van der Waals surface area contributed by atoms with E-state index in [4.69, 9.17) is 5.26 Å². The monoisotopic (exact) mass is 522 g/mol. The molecule has 0 unspecified atom stereocenters. The highest BCUT2D eigenvalue weighted by atomic mass is 28.2. The van der Waals surface area contributed by atoms with Crippen LogP contribution < -0.4 is 0 Å². The van der Waals surface area contributed by atoms with Crippen molar-refractivity contribution in [2.45, 2.75) is 19.3 Å². The first-order valence-corrected chi connectivity index (χ1v) is 15.2. The molecule has 2 aliphatic rings. The van der Waals surface area contributed by atoms with Gasteiger partial charge in [0, 0.05) is 22.0 Å². The molecule has 0 atom stereocenters. The molecule has 0 saturated heterocycles. The molecule has 0 spiro atoms. The van der Waals surface area contributed by atoms with Crippen LogP contribution in [-0.2, 0) is 10.2 Å². The van der Waals surface area contributed by atoms with Crippen molar-refractivity contribution in [1.82, 2.24) is 4.40 Å². The second-order valence-electron chi connectivity index (χ2n) is 10.5. The van der Waals surface area contributed by atoms with Crippen LogP contribution in [-0.4, -0.2) is 33.4 Å². The Morgan fingerprint density at radius 2 is 1.61 bits per heavy atom. The van der Waals surface area contributed by atoms with Gasteiger partial charge in [0.25, 0.3) is 0 Å². The summed E-state index contributed by atoms with van der Waals surface area (Å²) in [4.78, 5) is 11.2. The minimum Gasteiger partial charge on any atom is -0.477 e. The Balaban J connectivity index is 1.23. The van der Waals surface area contributed by atoms with Crippen molar-refractivity contribution < 1.29 is 9.90 Å². The topological polar surface area (TPSA) is 65.5 Å². The van der Waals surface area contributed by atoms with Crippen molar-refractivity contribution in [2.75, 3.05) is 0 Å². The van der Waals surface area contributed by atoms with Crippen LogP contribution in [0.1, 0.15) is 30.5 Å². The summed E-state index contributed by atoms with van der Waals surface area (Å²) in [5, 5.41) is 21.7. The number of aromatic nitrogens is 1. The van der Waals surface area contributed by atoms with E-state index in [2.05, 4.69) is 90.3 Å². The Kier molecular flexibility index (Phi) is 4.86. The number of carboxylic acid groups (broad SMARTS) is 1. The molecule has 0 fully saturated rings. The molecule has 4 heterocycles. The number of allylic oxidation sites excluding steroid dienone is 4. The van der Waals surface area contributed by atoms with Crippen LogP contribution in [0, 0.1) is 11.3 Å². The van der Waals surface area contributed by atoms with Crippen LogP contribution in [0.3, 0.4) is 0 Å². The van der Waals surface area contributed by atoms with Gasteiger partial charge in [-0.15, -0.1) is 0 Å². The van der Waals surface area contributed by atoms with E-state index in [9.17, 15) is 9.90 Å². The molecule has 38 heavy (non-hydrogen) atoms. The Labute approximate surface area is 224 Å². The van der Waals surface area contributed by atoms with Crippen molar-refractivity contribution in [3.8, 4) is 22.4 Å². The van der Waals surface area contributed by atoms with Gasteiger partial charge in [0.05, 0.1) is 8.40 Å². The Morgan fingerprint density at radius 3 is 2.29 bits per heavy atom. The summed E-state index contributed by atoms with van der Waals surface area (Å²) in [7, 11) is -0.660. The van der Waals surface area contributed by atoms with E-state index >= 15 is 0 Å². The zero-order valence-electron chi connectivity index (χ0n) is 20.9.